The van der Waals surface area contributed by atoms with Crippen LogP contribution in [0.1, 0.15) is 47.9 Å². The van der Waals surface area contributed by atoms with Gasteiger partial charge in [-0.05, 0) is 73.0 Å². The highest BCUT2D eigenvalue weighted by atomic mass is 19.4. The van der Waals surface area contributed by atoms with Crippen molar-refractivity contribution in [2.75, 3.05) is 31.1 Å². The fourth-order valence-electron chi connectivity index (χ4n) is 8.75. The summed E-state index contributed by atoms with van der Waals surface area (Å²) in [5.41, 5.74) is 0.235. The molecule has 3 fully saturated rings. The highest BCUT2D eigenvalue weighted by molar-refractivity contribution is 6.02. The number of anilines is 1. The molecule has 0 saturated carbocycles. The molecule has 8 nitrogen and oxygen atoms in total. The Morgan fingerprint density at radius 3 is 2.66 bits per heavy atom. The largest absolute Gasteiger partial charge is 0.508 e. The van der Waals surface area contributed by atoms with Crippen LogP contribution < -0.4 is 15.0 Å². The van der Waals surface area contributed by atoms with Crippen molar-refractivity contribution in [3.8, 4) is 35.4 Å². The molecule has 2 N–H and O–H groups in total. The third-order valence-corrected chi connectivity index (χ3v) is 10.9. The van der Waals surface area contributed by atoms with Crippen molar-refractivity contribution in [3.63, 3.8) is 0 Å². The zero-order valence-corrected chi connectivity index (χ0v) is 26.9. The van der Waals surface area contributed by atoms with Gasteiger partial charge in [-0.1, -0.05) is 30.2 Å². The van der Waals surface area contributed by atoms with Crippen molar-refractivity contribution in [3.05, 3.63) is 82.8 Å². The van der Waals surface area contributed by atoms with Gasteiger partial charge in [0.25, 0.3) is 0 Å². The van der Waals surface area contributed by atoms with Crippen molar-refractivity contribution in [1.82, 2.24) is 25.2 Å². The molecule has 1 unspecified atom stereocenters. The van der Waals surface area contributed by atoms with E-state index in [0.29, 0.717) is 64.7 Å². The van der Waals surface area contributed by atoms with Crippen molar-refractivity contribution in [1.29, 1.82) is 0 Å². The topological polar surface area (TPSA) is 86.6 Å². The lowest BCUT2D eigenvalue weighted by atomic mass is 9.87. The molecule has 6 heterocycles. The quantitative estimate of drug-likeness (QED) is 0.161. The second-order valence-electron chi connectivity index (χ2n) is 13.8. The van der Waals surface area contributed by atoms with Gasteiger partial charge in [-0.15, -0.1) is 6.42 Å². The van der Waals surface area contributed by atoms with E-state index >= 15 is 4.39 Å². The Morgan fingerprint density at radius 2 is 1.88 bits per heavy atom. The van der Waals surface area contributed by atoms with Gasteiger partial charge >= 0.3 is 12.2 Å². The summed E-state index contributed by atoms with van der Waals surface area (Å²) in [6.07, 6.45) is 6.34. The second kappa shape index (κ2) is 11.3. The summed E-state index contributed by atoms with van der Waals surface area (Å²) in [6, 6.07) is 13.1. The lowest BCUT2D eigenvalue weighted by Gasteiger charge is -2.35. The van der Waals surface area contributed by atoms with Gasteiger partial charge in [0.2, 0.25) is 0 Å². The Morgan fingerprint density at radius 1 is 1.08 bits per heavy atom. The number of nitrogens with one attached hydrogen (secondary N) is 1. The van der Waals surface area contributed by atoms with Gasteiger partial charge in [0, 0.05) is 54.4 Å². The minimum absolute atomic E-state index is 0.00134. The molecule has 12 heteroatoms. The van der Waals surface area contributed by atoms with E-state index in [1.807, 2.05) is 4.90 Å². The maximum absolute atomic E-state index is 17.0. The average Bonchev–Trinajstić information content (AvgIpc) is 3.76. The number of halogens is 4. The molecular formula is C38H32F4N6O2. The van der Waals surface area contributed by atoms with E-state index in [1.54, 1.807) is 36.5 Å². The normalized spacial score (nSPS) is 23.0. The van der Waals surface area contributed by atoms with Crippen LogP contribution in [0.25, 0.3) is 32.9 Å². The molecule has 5 aromatic rings. The van der Waals surface area contributed by atoms with Crippen LogP contribution in [-0.2, 0) is 18.3 Å². The Labute approximate surface area is 285 Å². The summed E-state index contributed by atoms with van der Waals surface area (Å²) < 4.78 is 65.4. The van der Waals surface area contributed by atoms with Crippen molar-refractivity contribution >= 4 is 27.5 Å². The van der Waals surface area contributed by atoms with Gasteiger partial charge in [-0.25, -0.2) is 4.39 Å². The van der Waals surface area contributed by atoms with Gasteiger partial charge in [0.05, 0.1) is 16.5 Å². The number of nitrogens with zero attached hydrogens (tertiary/aromatic N) is 5. The lowest BCUT2D eigenvalue weighted by Crippen LogP contribution is -2.51. The minimum atomic E-state index is -4.47. The maximum atomic E-state index is 17.0. The molecular weight excluding hydrogens is 648 g/mol. The zero-order valence-electron chi connectivity index (χ0n) is 26.9. The molecule has 0 spiro atoms. The average molecular weight is 681 g/mol. The summed E-state index contributed by atoms with van der Waals surface area (Å²) in [6.45, 7) is 2.10. The monoisotopic (exact) mass is 680 g/mol. The minimum Gasteiger partial charge on any atom is -0.508 e. The highest BCUT2D eigenvalue weighted by Crippen LogP contribution is 2.50. The third kappa shape index (κ3) is 4.78. The van der Waals surface area contributed by atoms with Crippen molar-refractivity contribution in [2.45, 2.75) is 56.0 Å². The van der Waals surface area contributed by atoms with Crippen LogP contribution in [0.2, 0.25) is 0 Å². The standard InChI is InChI=1S/C38H32F4N6O2/c1-2-21-6-3-7-22-14-25(49)15-26(31(21)22)33-32(39)34-27(16-43-33)35(47-17-23-10-11-24(18-47)44-23)46-36(45-34)50-20-37-12-5-13-48(37)19-28-29(37)8-4-9-30(28)38(40,41)42/h1,3-4,6-9,14-16,23-24,44,49H,5,10-13,17-20H2/t23-,24+,37?. The Hall–Kier alpha value is -4.99. The molecule has 9 rings (SSSR count). The molecule has 254 valence electrons. The van der Waals surface area contributed by atoms with Gasteiger partial charge < -0.3 is 20.1 Å². The second-order valence-corrected chi connectivity index (χ2v) is 13.8. The molecule has 3 saturated heterocycles. The van der Waals surface area contributed by atoms with E-state index in [0.717, 1.165) is 25.3 Å². The Bertz CT molecular complexity index is 2240. The summed E-state index contributed by atoms with van der Waals surface area (Å²) in [5.74, 6) is 2.34. The number of phenolic OH excluding ortho intramolecular Hbond substituents is 1. The SMILES string of the molecule is C#Cc1cccc2cc(O)cc(-c3ncc4c(N5C[C@H]6CC[C@@H](C5)N6)nc(OCC56CCCN5Cc5c(C(F)(F)F)cccc56)nc4c3F)c12. The number of hydrogen-bond acceptors (Lipinski definition) is 8. The number of benzene rings is 3. The van der Waals surface area contributed by atoms with Crippen LogP contribution in [0, 0.1) is 18.2 Å². The first-order valence-corrected chi connectivity index (χ1v) is 16.8. The van der Waals surface area contributed by atoms with Crippen molar-refractivity contribution < 1.29 is 27.4 Å². The van der Waals surface area contributed by atoms with Crippen LogP contribution in [-0.4, -0.2) is 63.3 Å². The van der Waals surface area contributed by atoms with Gasteiger partial charge in [-0.2, -0.15) is 23.1 Å². The van der Waals surface area contributed by atoms with E-state index in [1.165, 1.54) is 12.1 Å². The molecule has 3 atom stereocenters. The molecule has 2 bridgehead atoms. The highest BCUT2D eigenvalue weighted by Gasteiger charge is 2.51. The first-order chi connectivity index (χ1) is 24.1. The molecule has 0 amide bonds. The predicted octanol–water partition coefficient (Wildman–Crippen LogP) is 6.51. The number of terminal acetylenes is 1. The van der Waals surface area contributed by atoms with E-state index in [2.05, 4.69) is 26.1 Å². The number of aromatic hydroxyl groups is 1. The number of aromatic nitrogens is 3. The Balaban J connectivity index is 1.17. The maximum Gasteiger partial charge on any atom is 0.416 e. The number of pyridine rings is 1. The van der Waals surface area contributed by atoms with Gasteiger partial charge in [-0.3, -0.25) is 9.88 Å². The van der Waals surface area contributed by atoms with Crippen LogP contribution in [0.4, 0.5) is 23.4 Å². The number of phenols is 1. The molecule has 0 aliphatic carbocycles. The predicted molar refractivity (Wildman–Crippen MR) is 180 cm³/mol. The van der Waals surface area contributed by atoms with Gasteiger partial charge in [0.15, 0.2) is 5.82 Å². The van der Waals surface area contributed by atoms with Crippen LogP contribution in [0.15, 0.2) is 54.7 Å². The summed E-state index contributed by atoms with van der Waals surface area (Å²) in [7, 11) is 0. The van der Waals surface area contributed by atoms with Gasteiger partial charge in [0.1, 0.15) is 29.4 Å². The fourth-order valence-corrected chi connectivity index (χ4v) is 8.75. The summed E-state index contributed by atoms with van der Waals surface area (Å²) in [5, 5.41) is 15.8. The molecule has 3 aromatic carbocycles. The number of ether oxygens (including phenoxy) is 1. The number of alkyl halides is 3. The van der Waals surface area contributed by atoms with E-state index < -0.39 is 23.1 Å². The van der Waals surface area contributed by atoms with Crippen molar-refractivity contribution in [2.24, 2.45) is 0 Å². The molecule has 50 heavy (non-hydrogen) atoms. The first kappa shape index (κ1) is 31.0. The molecule has 4 aliphatic rings. The molecule has 0 radical (unpaired) electrons. The van der Waals surface area contributed by atoms with Crippen LogP contribution in [0.5, 0.6) is 11.8 Å². The number of hydrogen-bond donors (Lipinski definition) is 2. The summed E-state index contributed by atoms with van der Waals surface area (Å²) in [4.78, 5) is 18.2. The fraction of sp³-hybridized carbons (Fsp3) is 0.342. The lowest BCUT2D eigenvalue weighted by molar-refractivity contribution is -0.138. The number of fused-ring (bicyclic) bond motifs is 7. The first-order valence-electron chi connectivity index (χ1n) is 16.8. The summed E-state index contributed by atoms with van der Waals surface area (Å²) >= 11 is 0. The molecule has 2 aromatic heterocycles. The Kier molecular flexibility index (Phi) is 6.99. The number of rotatable bonds is 5. The third-order valence-electron chi connectivity index (χ3n) is 10.9. The molecule has 4 aliphatic heterocycles. The van der Waals surface area contributed by atoms with Crippen LogP contribution in [0.3, 0.4) is 0 Å². The van der Waals surface area contributed by atoms with E-state index in [4.69, 9.17) is 16.1 Å². The van der Waals surface area contributed by atoms with Crippen LogP contribution >= 0.6 is 0 Å². The zero-order chi connectivity index (χ0) is 34.4. The smallest absolute Gasteiger partial charge is 0.416 e. The number of piperazine rings is 1. The van der Waals surface area contributed by atoms with E-state index in [9.17, 15) is 18.3 Å². The van der Waals surface area contributed by atoms with E-state index in [-0.39, 0.29) is 53.8 Å².